The molecule has 5 heteroatoms. The Morgan fingerprint density at radius 2 is 2.40 bits per heavy atom. The first kappa shape index (κ1) is 11.7. The number of nitrogens with one attached hydrogen (secondary N) is 1. The molecule has 1 rings (SSSR count). The van der Waals surface area contributed by atoms with Crippen molar-refractivity contribution < 1.29 is 4.79 Å². The van der Waals surface area contributed by atoms with Gasteiger partial charge in [-0.3, -0.25) is 10.2 Å². The van der Waals surface area contributed by atoms with E-state index in [0.717, 1.165) is 18.7 Å². The van der Waals surface area contributed by atoms with E-state index in [9.17, 15) is 4.79 Å². The summed E-state index contributed by atoms with van der Waals surface area (Å²) in [6.45, 7) is 4.04. The zero-order chi connectivity index (χ0) is 11.3. The van der Waals surface area contributed by atoms with Gasteiger partial charge >= 0.3 is 0 Å². The van der Waals surface area contributed by atoms with Crippen molar-refractivity contribution in [2.45, 2.75) is 39.2 Å². The smallest absolute Gasteiger partial charge is 0.256 e. The van der Waals surface area contributed by atoms with Crippen molar-refractivity contribution in [2.75, 3.05) is 0 Å². The van der Waals surface area contributed by atoms with Gasteiger partial charge in [-0.1, -0.05) is 13.8 Å². The van der Waals surface area contributed by atoms with Crippen LogP contribution in [0.3, 0.4) is 0 Å². The Morgan fingerprint density at radius 3 is 2.93 bits per heavy atom. The van der Waals surface area contributed by atoms with Crippen molar-refractivity contribution in [3.05, 3.63) is 18.2 Å². The molecule has 15 heavy (non-hydrogen) atoms. The molecule has 0 saturated carbocycles. The van der Waals surface area contributed by atoms with Gasteiger partial charge in [-0.15, -0.1) is 0 Å². The molecule has 0 fully saturated rings. The Morgan fingerprint density at radius 1 is 1.67 bits per heavy atom. The molecule has 0 aliphatic heterocycles. The number of carbonyl (C=O) groups is 1. The van der Waals surface area contributed by atoms with Crippen molar-refractivity contribution in [1.29, 1.82) is 0 Å². The lowest BCUT2D eigenvalue weighted by Gasteiger charge is -2.17. The van der Waals surface area contributed by atoms with Gasteiger partial charge in [-0.2, -0.15) is 0 Å². The number of hydrogen-bond acceptors (Lipinski definition) is 3. The molecule has 0 aromatic carbocycles. The molecule has 0 spiro atoms. The molecule has 1 heterocycles. The van der Waals surface area contributed by atoms with Crippen LogP contribution < -0.4 is 11.3 Å². The van der Waals surface area contributed by atoms with E-state index in [1.54, 1.807) is 6.20 Å². The number of hydrogen-bond donors (Lipinski definition) is 2. The quantitative estimate of drug-likeness (QED) is 0.428. The third-order valence-corrected chi connectivity index (χ3v) is 2.39. The van der Waals surface area contributed by atoms with E-state index in [4.69, 9.17) is 5.84 Å². The van der Waals surface area contributed by atoms with Crippen LogP contribution in [0.1, 0.15) is 38.6 Å². The van der Waals surface area contributed by atoms with Crippen LogP contribution in [-0.4, -0.2) is 15.5 Å². The van der Waals surface area contributed by atoms with Gasteiger partial charge in [-0.25, -0.2) is 10.8 Å². The van der Waals surface area contributed by atoms with E-state index < -0.39 is 0 Å². The number of hydrazine groups is 1. The average Bonchev–Trinajstić information content (AvgIpc) is 2.68. The second-order valence-corrected chi connectivity index (χ2v) is 3.43. The first-order valence-electron chi connectivity index (χ1n) is 5.26. The van der Waals surface area contributed by atoms with Crippen LogP contribution in [0.5, 0.6) is 0 Å². The van der Waals surface area contributed by atoms with Crippen LogP contribution >= 0.6 is 0 Å². The number of rotatable bonds is 5. The van der Waals surface area contributed by atoms with Crippen molar-refractivity contribution in [1.82, 2.24) is 15.0 Å². The summed E-state index contributed by atoms with van der Waals surface area (Å²) in [7, 11) is 0. The van der Waals surface area contributed by atoms with Crippen LogP contribution in [0.15, 0.2) is 12.4 Å². The molecule has 0 radical (unpaired) electrons. The molecule has 1 aromatic heterocycles. The molecule has 3 N–H and O–H groups in total. The largest absolute Gasteiger partial charge is 0.322 e. The molecular formula is C10H18N4O. The summed E-state index contributed by atoms with van der Waals surface area (Å²) in [4.78, 5) is 15.7. The summed E-state index contributed by atoms with van der Waals surface area (Å²) < 4.78 is 1.89. The molecule has 0 bridgehead atoms. The second-order valence-electron chi connectivity index (χ2n) is 3.43. The number of nitrogens with two attached hydrogens (primary N) is 1. The summed E-state index contributed by atoms with van der Waals surface area (Å²) in [5.41, 5.74) is 2.19. The second kappa shape index (κ2) is 5.50. The van der Waals surface area contributed by atoms with Gasteiger partial charge in [0.25, 0.3) is 5.91 Å². The number of imidazole rings is 1. The monoisotopic (exact) mass is 210 g/mol. The average molecular weight is 210 g/mol. The zero-order valence-electron chi connectivity index (χ0n) is 9.23. The Hall–Kier alpha value is -1.36. The Balaban J connectivity index is 2.90. The highest BCUT2D eigenvalue weighted by Gasteiger charge is 2.19. The Kier molecular flexibility index (Phi) is 4.30. The maximum absolute atomic E-state index is 11.5. The van der Waals surface area contributed by atoms with Crippen LogP contribution in [-0.2, 0) is 11.2 Å². The minimum Gasteiger partial charge on any atom is -0.322 e. The zero-order valence-corrected chi connectivity index (χ0v) is 9.23. The molecule has 1 atom stereocenters. The highest BCUT2D eigenvalue weighted by Crippen LogP contribution is 2.14. The topological polar surface area (TPSA) is 72.9 Å². The number of aromatic nitrogens is 2. The minimum atomic E-state index is -0.251. The van der Waals surface area contributed by atoms with Crippen LogP contribution in [0.25, 0.3) is 0 Å². The van der Waals surface area contributed by atoms with Gasteiger partial charge in [0.15, 0.2) is 0 Å². The summed E-state index contributed by atoms with van der Waals surface area (Å²) in [5.74, 6) is 5.91. The lowest BCUT2D eigenvalue weighted by molar-refractivity contribution is -0.124. The van der Waals surface area contributed by atoms with Gasteiger partial charge in [-0.05, 0) is 12.8 Å². The van der Waals surface area contributed by atoms with E-state index in [2.05, 4.69) is 17.3 Å². The normalized spacial score (nSPS) is 12.5. The predicted molar refractivity (Wildman–Crippen MR) is 57.9 cm³/mol. The van der Waals surface area contributed by atoms with E-state index in [1.165, 1.54) is 0 Å². The maximum atomic E-state index is 11.5. The molecule has 0 aliphatic carbocycles. The van der Waals surface area contributed by atoms with E-state index in [1.807, 2.05) is 17.7 Å². The van der Waals surface area contributed by atoms with Crippen molar-refractivity contribution in [2.24, 2.45) is 5.84 Å². The number of carbonyl (C=O) groups excluding carboxylic acids is 1. The first-order valence-corrected chi connectivity index (χ1v) is 5.26. The summed E-state index contributed by atoms with van der Waals surface area (Å²) >= 11 is 0. The predicted octanol–water partition coefficient (Wildman–Crippen LogP) is 0.777. The maximum Gasteiger partial charge on any atom is 0.256 e. The highest BCUT2D eigenvalue weighted by molar-refractivity contribution is 5.79. The van der Waals surface area contributed by atoms with Gasteiger partial charge in [0.2, 0.25) is 0 Å². The standard InChI is InChI=1S/C10H18N4O/c1-3-5-9-12-6-7-14(9)8(4-2)10(15)13-11/h6-8H,3-5,11H2,1-2H3,(H,13,15). The van der Waals surface area contributed by atoms with Gasteiger partial charge < -0.3 is 4.57 Å². The lowest BCUT2D eigenvalue weighted by Crippen LogP contribution is -2.37. The molecule has 84 valence electrons. The molecule has 0 saturated heterocycles. The molecular weight excluding hydrogens is 192 g/mol. The number of amides is 1. The summed E-state index contributed by atoms with van der Waals surface area (Å²) in [6, 6.07) is -0.251. The van der Waals surface area contributed by atoms with Crippen molar-refractivity contribution in [3.63, 3.8) is 0 Å². The molecule has 1 amide bonds. The van der Waals surface area contributed by atoms with E-state index >= 15 is 0 Å². The van der Waals surface area contributed by atoms with E-state index in [0.29, 0.717) is 6.42 Å². The van der Waals surface area contributed by atoms with E-state index in [-0.39, 0.29) is 11.9 Å². The van der Waals surface area contributed by atoms with Crippen LogP contribution in [0, 0.1) is 0 Å². The molecule has 5 nitrogen and oxygen atoms in total. The minimum absolute atomic E-state index is 0.173. The number of nitrogens with zero attached hydrogens (tertiary/aromatic N) is 2. The van der Waals surface area contributed by atoms with Crippen molar-refractivity contribution >= 4 is 5.91 Å². The molecule has 1 aromatic rings. The fourth-order valence-corrected chi connectivity index (χ4v) is 1.65. The van der Waals surface area contributed by atoms with Crippen LogP contribution in [0.4, 0.5) is 0 Å². The Bertz CT molecular complexity index is 321. The van der Waals surface area contributed by atoms with Gasteiger partial charge in [0.1, 0.15) is 11.9 Å². The number of aryl methyl sites for hydroxylation is 1. The molecule has 1 unspecified atom stereocenters. The highest BCUT2D eigenvalue weighted by atomic mass is 16.2. The molecule has 0 aliphatic rings. The fourth-order valence-electron chi connectivity index (χ4n) is 1.65. The summed E-state index contributed by atoms with van der Waals surface area (Å²) in [6.07, 6.45) is 6.14. The van der Waals surface area contributed by atoms with Crippen molar-refractivity contribution in [3.8, 4) is 0 Å². The third-order valence-electron chi connectivity index (χ3n) is 2.39. The van der Waals surface area contributed by atoms with Gasteiger partial charge in [0, 0.05) is 18.8 Å². The Labute approximate surface area is 89.6 Å². The summed E-state index contributed by atoms with van der Waals surface area (Å²) in [5, 5.41) is 0. The fraction of sp³-hybridized carbons (Fsp3) is 0.600. The van der Waals surface area contributed by atoms with Gasteiger partial charge in [0.05, 0.1) is 0 Å². The third kappa shape index (κ3) is 2.56. The van der Waals surface area contributed by atoms with Crippen LogP contribution in [0.2, 0.25) is 0 Å². The SMILES string of the molecule is CCCc1nccn1C(CC)C(=O)NN. The lowest BCUT2D eigenvalue weighted by atomic mass is 10.2. The first-order chi connectivity index (χ1) is 7.24.